The first kappa shape index (κ1) is 15.8. The van der Waals surface area contributed by atoms with E-state index < -0.39 is 12.0 Å². The van der Waals surface area contributed by atoms with Crippen LogP contribution in [0.3, 0.4) is 0 Å². The maximum Gasteiger partial charge on any atom is 0.266 e. The minimum Gasteiger partial charge on any atom is -0.479 e. The third-order valence-corrected chi connectivity index (χ3v) is 3.03. The first-order chi connectivity index (χ1) is 10.5. The van der Waals surface area contributed by atoms with E-state index in [9.17, 15) is 9.59 Å². The van der Waals surface area contributed by atoms with E-state index in [1.165, 1.54) is 4.68 Å². The second-order valence-electron chi connectivity index (χ2n) is 4.54. The third kappa shape index (κ3) is 4.23. The number of nitrogens with one attached hydrogen (secondary N) is 1. The predicted molar refractivity (Wildman–Crippen MR) is 81.6 cm³/mol. The minimum absolute atomic E-state index is 0.0540. The van der Waals surface area contributed by atoms with Gasteiger partial charge in [-0.25, -0.2) is 0 Å². The van der Waals surface area contributed by atoms with Gasteiger partial charge in [0.15, 0.2) is 11.9 Å². The summed E-state index contributed by atoms with van der Waals surface area (Å²) in [7, 11) is 0. The average molecular weight is 323 g/mol. The van der Waals surface area contributed by atoms with Crippen molar-refractivity contribution in [2.75, 3.05) is 5.32 Å². The van der Waals surface area contributed by atoms with E-state index in [0.717, 1.165) is 0 Å². The second-order valence-corrected chi connectivity index (χ2v) is 4.95. The Morgan fingerprint density at radius 3 is 2.82 bits per heavy atom. The number of aromatic nitrogens is 2. The Hall–Kier alpha value is -2.54. The Bertz CT molecular complexity index is 686. The SMILES string of the molecule is CC(Oc1ccccc1Cl)C(=O)Nc1ccn(CC(N)=O)n1. The molecule has 1 aromatic carbocycles. The summed E-state index contributed by atoms with van der Waals surface area (Å²) in [5.41, 5.74) is 5.06. The number of primary amides is 1. The number of nitrogens with two attached hydrogens (primary N) is 1. The van der Waals surface area contributed by atoms with Gasteiger partial charge < -0.3 is 15.8 Å². The van der Waals surface area contributed by atoms with Gasteiger partial charge in [0, 0.05) is 12.3 Å². The molecule has 1 aromatic heterocycles. The number of hydrogen-bond acceptors (Lipinski definition) is 4. The number of nitrogens with zero attached hydrogens (tertiary/aromatic N) is 2. The van der Waals surface area contributed by atoms with Gasteiger partial charge in [-0.15, -0.1) is 0 Å². The molecule has 0 saturated heterocycles. The van der Waals surface area contributed by atoms with Crippen molar-refractivity contribution in [3.05, 3.63) is 41.6 Å². The number of amides is 2. The first-order valence-electron chi connectivity index (χ1n) is 6.49. The van der Waals surface area contributed by atoms with Crippen LogP contribution in [0.1, 0.15) is 6.92 Å². The molecule has 3 N–H and O–H groups in total. The Morgan fingerprint density at radius 1 is 1.41 bits per heavy atom. The molecule has 116 valence electrons. The van der Waals surface area contributed by atoms with Crippen molar-refractivity contribution in [2.45, 2.75) is 19.6 Å². The van der Waals surface area contributed by atoms with Crippen LogP contribution in [0, 0.1) is 0 Å². The van der Waals surface area contributed by atoms with Crippen molar-refractivity contribution < 1.29 is 14.3 Å². The smallest absolute Gasteiger partial charge is 0.266 e. The molecule has 0 aliphatic heterocycles. The molecular formula is C14H15ClN4O3. The Kier molecular flexibility index (Phi) is 5.00. The van der Waals surface area contributed by atoms with Crippen LogP contribution in [0.25, 0.3) is 0 Å². The molecule has 0 fully saturated rings. The summed E-state index contributed by atoms with van der Waals surface area (Å²) in [6.45, 7) is 1.54. The number of anilines is 1. The summed E-state index contributed by atoms with van der Waals surface area (Å²) in [6, 6.07) is 8.44. The van der Waals surface area contributed by atoms with Crippen LogP contribution in [-0.4, -0.2) is 27.7 Å². The monoisotopic (exact) mass is 322 g/mol. The van der Waals surface area contributed by atoms with E-state index in [1.807, 2.05) is 0 Å². The zero-order valence-corrected chi connectivity index (χ0v) is 12.6. The van der Waals surface area contributed by atoms with E-state index in [1.54, 1.807) is 43.5 Å². The molecule has 2 rings (SSSR count). The van der Waals surface area contributed by atoms with Crippen LogP contribution in [0.5, 0.6) is 5.75 Å². The molecule has 1 unspecified atom stereocenters. The van der Waals surface area contributed by atoms with Crippen molar-refractivity contribution in [3.63, 3.8) is 0 Å². The van der Waals surface area contributed by atoms with E-state index in [-0.39, 0.29) is 12.5 Å². The van der Waals surface area contributed by atoms with E-state index in [2.05, 4.69) is 10.4 Å². The second kappa shape index (κ2) is 6.95. The first-order valence-corrected chi connectivity index (χ1v) is 6.87. The Labute approximate surface area is 132 Å². The van der Waals surface area contributed by atoms with E-state index >= 15 is 0 Å². The zero-order valence-electron chi connectivity index (χ0n) is 11.8. The lowest BCUT2D eigenvalue weighted by Crippen LogP contribution is -2.30. The van der Waals surface area contributed by atoms with Crippen LogP contribution >= 0.6 is 11.6 Å². The highest BCUT2D eigenvalue weighted by molar-refractivity contribution is 6.32. The molecule has 2 aromatic rings. The number of hydrogen-bond donors (Lipinski definition) is 2. The van der Waals surface area contributed by atoms with Crippen molar-refractivity contribution in [2.24, 2.45) is 5.73 Å². The van der Waals surface area contributed by atoms with Gasteiger partial charge >= 0.3 is 0 Å². The van der Waals surface area contributed by atoms with Gasteiger partial charge in [0.1, 0.15) is 12.3 Å². The fourth-order valence-corrected chi connectivity index (χ4v) is 1.87. The fourth-order valence-electron chi connectivity index (χ4n) is 1.69. The lowest BCUT2D eigenvalue weighted by atomic mass is 10.3. The fraction of sp³-hybridized carbons (Fsp3) is 0.214. The quantitative estimate of drug-likeness (QED) is 0.840. The molecule has 2 amide bonds. The normalized spacial score (nSPS) is 11.7. The molecule has 1 atom stereocenters. The van der Waals surface area contributed by atoms with Gasteiger partial charge in [-0.1, -0.05) is 23.7 Å². The summed E-state index contributed by atoms with van der Waals surface area (Å²) < 4.78 is 6.83. The third-order valence-electron chi connectivity index (χ3n) is 2.72. The number of ether oxygens (including phenoxy) is 1. The molecule has 0 saturated carbocycles. The van der Waals surface area contributed by atoms with Crippen molar-refractivity contribution in [1.82, 2.24) is 9.78 Å². The van der Waals surface area contributed by atoms with Gasteiger partial charge in [-0.3, -0.25) is 14.3 Å². The number of halogens is 1. The highest BCUT2D eigenvalue weighted by Gasteiger charge is 2.17. The topological polar surface area (TPSA) is 99.2 Å². The Morgan fingerprint density at radius 2 is 2.14 bits per heavy atom. The lowest BCUT2D eigenvalue weighted by Gasteiger charge is -2.14. The van der Waals surface area contributed by atoms with Crippen LogP contribution in [0.4, 0.5) is 5.82 Å². The van der Waals surface area contributed by atoms with Crippen LogP contribution in [0.2, 0.25) is 5.02 Å². The lowest BCUT2D eigenvalue weighted by molar-refractivity contribution is -0.122. The van der Waals surface area contributed by atoms with Crippen LogP contribution in [0.15, 0.2) is 36.5 Å². The van der Waals surface area contributed by atoms with E-state index in [0.29, 0.717) is 16.6 Å². The predicted octanol–water partition coefficient (Wildman–Crippen LogP) is 1.43. The number of carbonyl (C=O) groups excluding carboxylic acids is 2. The van der Waals surface area contributed by atoms with Crippen LogP contribution in [-0.2, 0) is 16.1 Å². The summed E-state index contributed by atoms with van der Waals surface area (Å²) >= 11 is 5.97. The van der Waals surface area contributed by atoms with Crippen molar-refractivity contribution in [1.29, 1.82) is 0 Å². The molecule has 0 aliphatic rings. The largest absolute Gasteiger partial charge is 0.479 e. The molecule has 22 heavy (non-hydrogen) atoms. The summed E-state index contributed by atoms with van der Waals surface area (Å²) in [4.78, 5) is 22.8. The zero-order chi connectivity index (χ0) is 16.1. The number of rotatable bonds is 6. The molecule has 0 spiro atoms. The van der Waals surface area contributed by atoms with Gasteiger partial charge in [-0.05, 0) is 19.1 Å². The van der Waals surface area contributed by atoms with Crippen LogP contribution < -0.4 is 15.8 Å². The molecule has 8 heteroatoms. The maximum atomic E-state index is 12.0. The highest BCUT2D eigenvalue weighted by Crippen LogP contribution is 2.24. The number of benzene rings is 1. The average Bonchev–Trinajstić information content (AvgIpc) is 2.87. The minimum atomic E-state index is -0.763. The van der Waals surface area contributed by atoms with Gasteiger partial charge in [0.25, 0.3) is 5.91 Å². The van der Waals surface area contributed by atoms with Gasteiger partial charge in [-0.2, -0.15) is 5.10 Å². The van der Waals surface area contributed by atoms with Gasteiger partial charge in [0.05, 0.1) is 5.02 Å². The highest BCUT2D eigenvalue weighted by atomic mass is 35.5. The number of carbonyl (C=O) groups is 2. The molecule has 0 bridgehead atoms. The summed E-state index contributed by atoms with van der Waals surface area (Å²) in [5.74, 6) is -0.174. The summed E-state index contributed by atoms with van der Waals surface area (Å²) in [6.07, 6.45) is 0.779. The molecule has 7 nitrogen and oxygen atoms in total. The molecular weight excluding hydrogens is 308 g/mol. The standard InChI is InChI=1S/C14H15ClN4O3/c1-9(22-11-5-3-2-4-10(11)15)14(21)17-13-6-7-19(18-13)8-12(16)20/h2-7,9H,8H2,1H3,(H2,16,20)(H,17,18,21). The molecule has 0 aliphatic carbocycles. The summed E-state index contributed by atoms with van der Waals surface area (Å²) in [5, 5.41) is 7.01. The van der Waals surface area contributed by atoms with Crippen molar-refractivity contribution in [3.8, 4) is 5.75 Å². The van der Waals surface area contributed by atoms with E-state index in [4.69, 9.17) is 22.1 Å². The number of para-hydroxylation sites is 1. The Balaban J connectivity index is 1.95. The van der Waals surface area contributed by atoms with Gasteiger partial charge in [0.2, 0.25) is 5.91 Å². The maximum absolute atomic E-state index is 12.0. The van der Waals surface area contributed by atoms with Crippen molar-refractivity contribution >= 4 is 29.2 Å². The molecule has 1 heterocycles. The molecule has 0 radical (unpaired) electrons.